The average molecular weight is 773 g/mol. The highest BCUT2D eigenvalue weighted by molar-refractivity contribution is 7.23. The Balaban J connectivity index is 0.000000158. The quantitative estimate of drug-likeness (QED) is 0.177. The molecule has 0 radical (unpaired) electrons. The number of amides is 1. The normalized spacial score (nSPS) is 14.7. The second-order valence-electron chi connectivity index (χ2n) is 13.2. The number of anilines is 1. The highest BCUT2D eigenvalue weighted by atomic mass is 35.5. The lowest BCUT2D eigenvalue weighted by atomic mass is 9.97. The number of aromatic nitrogens is 4. The van der Waals surface area contributed by atoms with E-state index < -0.39 is 5.92 Å². The number of nitrogens with zero attached hydrogens (tertiary/aromatic N) is 5. The summed E-state index contributed by atoms with van der Waals surface area (Å²) in [6, 6.07) is 15.1. The molecule has 0 saturated heterocycles. The second-order valence-corrected chi connectivity index (χ2v) is 14.7. The van der Waals surface area contributed by atoms with Gasteiger partial charge in [0, 0.05) is 67.0 Å². The van der Waals surface area contributed by atoms with Crippen LogP contribution in [0.2, 0.25) is 5.02 Å². The van der Waals surface area contributed by atoms with Gasteiger partial charge in [-0.2, -0.15) is 0 Å². The molecular formula is C40H39ClF2N6O4S. The number of aryl methyl sites for hydroxylation is 2. The van der Waals surface area contributed by atoms with Gasteiger partial charge in [0.1, 0.15) is 17.3 Å². The maximum absolute atomic E-state index is 13.4. The number of hydrogen-bond acceptors (Lipinski definition) is 10. The van der Waals surface area contributed by atoms with Crippen LogP contribution in [0.4, 0.5) is 14.6 Å². The number of alkyl halides is 2. The number of hydrogen-bond donors (Lipinski definition) is 1. The number of methoxy groups -OCH3 is 1. The second kappa shape index (κ2) is 15.3. The summed E-state index contributed by atoms with van der Waals surface area (Å²) in [6.07, 6.45) is 3.35. The molecule has 1 aliphatic carbocycles. The minimum atomic E-state index is -2.59. The van der Waals surface area contributed by atoms with Gasteiger partial charge in [0.2, 0.25) is 11.8 Å². The molecule has 1 amide bonds. The standard InChI is InChI=1S/C22H22N6O2S.C10H10F2O.C8H7ClO/c1-5-8-28-10-14-17(22(28)29)18(16(11(2)25-14)21-27-26-12(3)30-21)15-9-13-6-7-24-20(23-4)19(13)31-15;1-13-9-4-2-3-7-5-10(11,12)6-8(7)9;9-7-2-1-6-3-4-10-8(6)5-7/h6-7,9H,5,8,10H2,1-4H3,(H,23,24);2-4H,5-6H2,1H3;1-2,5H,3-4H2. The number of carbonyl (C=O) groups is 1. The molecule has 2 aromatic carbocycles. The lowest BCUT2D eigenvalue weighted by Gasteiger charge is -2.14. The van der Waals surface area contributed by atoms with Crippen molar-refractivity contribution in [3.8, 4) is 33.4 Å². The maximum atomic E-state index is 13.4. The summed E-state index contributed by atoms with van der Waals surface area (Å²) in [5.41, 5.74) is 6.39. The third-order valence-electron chi connectivity index (χ3n) is 9.44. The third kappa shape index (κ3) is 7.34. The first-order valence-electron chi connectivity index (χ1n) is 17.6. The topological polar surface area (TPSA) is 116 Å². The van der Waals surface area contributed by atoms with Crippen LogP contribution in [0.25, 0.3) is 32.0 Å². The Morgan fingerprint density at radius 2 is 1.89 bits per heavy atom. The summed E-state index contributed by atoms with van der Waals surface area (Å²) >= 11 is 7.34. The first-order chi connectivity index (χ1) is 26.0. The number of nitrogens with one attached hydrogen (secondary N) is 1. The molecule has 9 rings (SSSR count). The van der Waals surface area contributed by atoms with Gasteiger partial charge < -0.3 is 24.1 Å². The Hall–Kier alpha value is -5.14. The van der Waals surface area contributed by atoms with E-state index in [0.717, 1.165) is 73.5 Å². The van der Waals surface area contributed by atoms with Gasteiger partial charge in [-0.25, -0.2) is 13.8 Å². The largest absolute Gasteiger partial charge is 0.496 e. The lowest BCUT2D eigenvalue weighted by Crippen LogP contribution is -2.24. The smallest absolute Gasteiger partial charge is 0.256 e. The fraction of sp³-hybridized carbons (Fsp3) is 0.325. The minimum absolute atomic E-state index is 0.00117. The van der Waals surface area contributed by atoms with E-state index in [9.17, 15) is 13.6 Å². The third-order valence-corrected chi connectivity index (χ3v) is 10.8. The number of thiophene rings is 1. The molecule has 6 heterocycles. The van der Waals surface area contributed by atoms with Crippen molar-refractivity contribution >= 4 is 44.7 Å². The molecular weight excluding hydrogens is 734 g/mol. The monoisotopic (exact) mass is 772 g/mol. The summed E-state index contributed by atoms with van der Waals surface area (Å²) in [5, 5.41) is 13.2. The number of rotatable bonds is 6. The lowest BCUT2D eigenvalue weighted by molar-refractivity contribution is 0.0127. The summed E-state index contributed by atoms with van der Waals surface area (Å²) < 4.78 is 43.1. The van der Waals surface area contributed by atoms with Gasteiger partial charge in [-0.15, -0.1) is 21.5 Å². The molecule has 0 fully saturated rings. The predicted molar refractivity (Wildman–Crippen MR) is 206 cm³/mol. The fourth-order valence-corrected chi connectivity index (χ4v) is 8.42. The molecule has 10 nitrogen and oxygen atoms in total. The molecule has 0 atom stereocenters. The molecule has 0 bridgehead atoms. The van der Waals surface area contributed by atoms with Gasteiger partial charge in [-0.1, -0.05) is 36.7 Å². The van der Waals surface area contributed by atoms with Crippen LogP contribution >= 0.6 is 22.9 Å². The number of benzene rings is 2. The molecule has 14 heteroatoms. The van der Waals surface area contributed by atoms with Crippen LogP contribution in [0.5, 0.6) is 11.5 Å². The zero-order valence-corrected chi connectivity index (χ0v) is 32.1. The SMILES string of the molecule is CCCN1Cc2nc(C)c(-c3nnc(C)o3)c(-c3cc4ccnc(NC)c4s3)c2C1=O.COc1cccc2c1CC(F)(F)C2.Clc1ccc2c(c1)OCC2. The van der Waals surface area contributed by atoms with Crippen LogP contribution in [0.1, 0.15) is 57.7 Å². The number of halogens is 3. The van der Waals surface area contributed by atoms with Crippen LogP contribution in [-0.2, 0) is 25.8 Å². The summed E-state index contributed by atoms with van der Waals surface area (Å²) in [7, 11) is 3.36. The minimum Gasteiger partial charge on any atom is -0.496 e. The molecule has 0 saturated carbocycles. The van der Waals surface area contributed by atoms with Gasteiger partial charge >= 0.3 is 0 Å². The first-order valence-corrected chi connectivity index (χ1v) is 18.8. The molecule has 54 heavy (non-hydrogen) atoms. The molecule has 3 aliphatic rings. The molecule has 6 aromatic rings. The highest BCUT2D eigenvalue weighted by Gasteiger charge is 2.39. The van der Waals surface area contributed by atoms with E-state index >= 15 is 0 Å². The van der Waals surface area contributed by atoms with Crippen LogP contribution in [0, 0.1) is 13.8 Å². The van der Waals surface area contributed by atoms with E-state index in [-0.39, 0.29) is 18.7 Å². The Kier molecular flexibility index (Phi) is 10.5. The Labute approximate surface area is 320 Å². The van der Waals surface area contributed by atoms with Crippen molar-refractivity contribution in [2.45, 2.75) is 58.9 Å². The molecule has 1 N–H and O–H groups in total. The van der Waals surface area contributed by atoms with Crippen molar-refractivity contribution in [2.75, 3.05) is 32.6 Å². The van der Waals surface area contributed by atoms with E-state index in [0.29, 0.717) is 47.3 Å². The average Bonchev–Trinajstić information content (AvgIpc) is 3.98. The van der Waals surface area contributed by atoms with E-state index in [2.05, 4.69) is 33.5 Å². The zero-order valence-electron chi connectivity index (χ0n) is 30.6. The summed E-state index contributed by atoms with van der Waals surface area (Å²) in [5.74, 6) is 0.606. The van der Waals surface area contributed by atoms with Crippen molar-refractivity contribution in [3.63, 3.8) is 0 Å². The predicted octanol–water partition coefficient (Wildman–Crippen LogP) is 9.14. The maximum Gasteiger partial charge on any atom is 0.256 e. The van der Waals surface area contributed by atoms with Crippen molar-refractivity contribution in [3.05, 3.63) is 99.3 Å². The fourth-order valence-electron chi connectivity index (χ4n) is 7.05. The van der Waals surface area contributed by atoms with Gasteiger partial charge in [0.25, 0.3) is 11.8 Å². The molecule has 0 unspecified atom stereocenters. The number of fused-ring (bicyclic) bond motifs is 4. The molecule has 4 aromatic heterocycles. The molecule has 0 spiro atoms. The van der Waals surface area contributed by atoms with Crippen LogP contribution in [0.15, 0.2) is 59.1 Å². The van der Waals surface area contributed by atoms with Crippen LogP contribution < -0.4 is 14.8 Å². The molecule has 280 valence electrons. The number of ether oxygens (including phenoxy) is 2. The van der Waals surface area contributed by atoms with Gasteiger partial charge in [0.15, 0.2) is 0 Å². The summed E-state index contributed by atoms with van der Waals surface area (Å²) in [6.45, 7) is 7.77. The summed E-state index contributed by atoms with van der Waals surface area (Å²) in [4.78, 5) is 25.4. The first kappa shape index (κ1) is 37.2. The van der Waals surface area contributed by atoms with Crippen molar-refractivity contribution < 1.29 is 27.5 Å². The van der Waals surface area contributed by atoms with Gasteiger partial charge in [-0.3, -0.25) is 9.78 Å². The van der Waals surface area contributed by atoms with Crippen molar-refractivity contribution in [1.29, 1.82) is 0 Å². The van der Waals surface area contributed by atoms with Gasteiger partial charge in [0.05, 0.1) is 47.5 Å². The molecule has 2 aliphatic heterocycles. The van der Waals surface area contributed by atoms with E-state index in [1.54, 1.807) is 42.7 Å². The van der Waals surface area contributed by atoms with E-state index in [1.165, 1.54) is 12.7 Å². The van der Waals surface area contributed by atoms with Crippen LogP contribution in [-0.4, -0.2) is 64.2 Å². The Morgan fingerprint density at radius 3 is 2.63 bits per heavy atom. The van der Waals surface area contributed by atoms with Crippen LogP contribution in [0.3, 0.4) is 0 Å². The van der Waals surface area contributed by atoms with E-state index in [4.69, 9.17) is 30.5 Å². The zero-order chi connectivity index (χ0) is 38.1. The highest BCUT2D eigenvalue weighted by Crippen LogP contribution is 2.46. The Morgan fingerprint density at radius 1 is 1.06 bits per heavy atom. The van der Waals surface area contributed by atoms with Crippen molar-refractivity contribution in [2.24, 2.45) is 0 Å². The number of pyridine rings is 2. The van der Waals surface area contributed by atoms with Crippen molar-refractivity contribution in [1.82, 2.24) is 25.1 Å². The van der Waals surface area contributed by atoms with E-state index in [1.807, 2.05) is 43.1 Å². The Bertz CT molecular complexity index is 2360. The van der Waals surface area contributed by atoms with Gasteiger partial charge in [-0.05, 0) is 60.2 Å². The number of carbonyl (C=O) groups excluding carboxylic acids is 1.